The predicted octanol–water partition coefficient (Wildman–Crippen LogP) is -0.0148. The van der Waals surface area contributed by atoms with Crippen LogP contribution in [0.4, 0.5) is 5.69 Å². The van der Waals surface area contributed by atoms with Crippen LogP contribution in [-0.2, 0) is 19.1 Å². The fraction of sp³-hybridized carbons (Fsp3) is 0.286. The number of nitrogens with one attached hydrogen (secondary N) is 1. The van der Waals surface area contributed by atoms with Crippen molar-refractivity contribution in [2.24, 2.45) is 11.0 Å². The molecule has 2 amide bonds. The number of carbonyl (C=O) groups excluding carboxylic acids is 3. The molecule has 1 saturated heterocycles. The monoisotopic (exact) mass is 287 g/mol. The molecule has 0 saturated carbocycles. The van der Waals surface area contributed by atoms with E-state index in [1.807, 2.05) is 19.1 Å². The number of methoxy groups -OCH3 is 1. The van der Waals surface area contributed by atoms with Gasteiger partial charge in [-0.2, -0.15) is 5.10 Å². The Morgan fingerprint density at radius 1 is 1.24 bits per heavy atom. The van der Waals surface area contributed by atoms with Crippen LogP contribution in [0.15, 0.2) is 29.4 Å². The molecule has 3 rings (SSSR count). The molecular weight excluding hydrogens is 274 g/mol. The molecule has 7 heteroatoms. The van der Waals surface area contributed by atoms with E-state index < -0.39 is 29.7 Å². The van der Waals surface area contributed by atoms with Gasteiger partial charge in [-0.05, 0) is 19.1 Å². The van der Waals surface area contributed by atoms with E-state index in [0.29, 0.717) is 5.69 Å². The van der Waals surface area contributed by atoms with Gasteiger partial charge in [-0.1, -0.05) is 17.7 Å². The largest absolute Gasteiger partial charge is 0.464 e. The molecule has 7 nitrogen and oxygen atoms in total. The Morgan fingerprint density at radius 3 is 2.52 bits per heavy atom. The fourth-order valence-corrected chi connectivity index (χ4v) is 2.51. The SMILES string of the molecule is COC(=O)C1=NN[C@H]2C(=O)N(c3ccc(C)cc3)C(=O)[C@@H]12. The molecule has 21 heavy (non-hydrogen) atoms. The van der Waals surface area contributed by atoms with Crippen LogP contribution in [0.25, 0.3) is 0 Å². The van der Waals surface area contributed by atoms with Gasteiger partial charge < -0.3 is 4.74 Å². The summed E-state index contributed by atoms with van der Waals surface area (Å²) < 4.78 is 4.59. The molecule has 0 aliphatic carbocycles. The second-order valence-electron chi connectivity index (χ2n) is 4.92. The van der Waals surface area contributed by atoms with E-state index in [1.165, 1.54) is 7.11 Å². The topological polar surface area (TPSA) is 88.1 Å². The molecule has 0 spiro atoms. The van der Waals surface area contributed by atoms with Crippen molar-refractivity contribution >= 4 is 29.2 Å². The van der Waals surface area contributed by atoms with Crippen LogP contribution in [-0.4, -0.2) is 36.6 Å². The van der Waals surface area contributed by atoms with Gasteiger partial charge in [-0.25, -0.2) is 9.69 Å². The Balaban J connectivity index is 1.95. The van der Waals surface area contributed by atoms with Crippen molar-refractivity contribution in [1.29, 1.82) is 0 Å². The first kappa shape index (κ1) is 13.3. The van der Waals surface area contributed by atoms with Gasteiger partial charge in [0.2, 0.25) is 5.91 Å². The zero-order valence-electron chi connectivity index (χ0n) is 11.5. The third kappa shape index (κ3) is 1.89. The molecule has 1 aromatic carbocycles. The molecule has 2 heterocycles. The number of esters is 1. The maximum absolute atomic E-state index is 12.5. The number of rotatable bonds is 2. The third-order valence-electron chi connectivity index (χ3n) is 3.61. The number of hydrogen-bond acceptors (Lipinski definition) is 6. The van der Waals surface area contributed by atoms with Crippen LogP contribution in [0.1, 0.15) is 5.56 Å². The molecule has 108 valence electrons. The summed E-state index contributed by atoms with van der Waals surface area (Å²) in [7, 11) is 1.21. The second-order valence-corrected chi connectivity index (χ2v) is 4.92. The summed E-state index contributed by atoms with van der Waals surface area (Å²) in [5.41, 5.74) is 3.99. The van der Waals surface area contributed by atoms with E-state index in [1.54, 1.807) is 12.1 Å². The first-order valence-electron chi connectivity index (χ1n) is 6.40. The van der Waals surface area contributed by atoms with E-state index >= 15 is 0 Å². The number of anilines is 1. The van der Waals surface area contributed by atoms with E-state index in [2.05, 4.69) is 15.3 Å². The highest BCUT2D eigenvalue weighted by atomic mass is 16.5. The fourth-order valence-electron chi connectivity index (χ4n) is 2.51. The number of hydrogen-bond donors (Lipinski definition) is 1. The lowest BCUT2D eigenvalue weighted by atomic mass is 9.99. The van der Waals surface area contributed by atoms with Gasteiger partial charge in [0.1, 0.15) is 12.0 Å². The van der Waals surface area contributed by atoms with Gasteiger partial charge in [0, 0.05) is 0 Å². The summed E-state index contributed by atoms with van der Waals surface area (Å²) in [6.45, 7) is 1.91. The van der Waals surface area contributed by atoms with Crippen molar-refractivity contribution in [1.82, 2.24) is 5.43 Å². The number of nitrogens with zero attached hydrogens (tertiary/aromatic N) is 2. The van der Waals surface area contributed by atoms with Crippen molar-refractivity contribution < 1.29 is 19.1 Å². The summed E-state index contributed by atoms with van der Waals surface area (Å²) in [4.78, 5) is 37.6. The molecule has 1 fully saturated rings. The zero-order chi connectivity index (χ0) is 15.1. The molecule has 2 aliphatic rings. The van der Waals surface area contributed by atoms with Crippen LogP contribution < -0.4 is 10.3 Å². The number of ether oxygens (including phenoxy) is 1. The minimum absolute atomic E-state index is 0.0598. The lowest BCUT2D eigenvalue weighted by Crippen LogP contribution is -2.36. The van der Waals surface area contributed by atoms with E-state index in [-0.39, 0.29) is 5.71 Å². The number of amides is 2. The molecule has 0 aromatic heterocycles. The Hall–Kier alpha value is -2.70. The molecule has 0 unspecified atom stereocenters. The van der Waals surface area contributed by atoms with Gasteiger partial charge in [-0.3, -0.25) is 15.0 Å². The van der Waals surface area contributed by atoms with Crippen molar-refractivity contribution in [3.8, 4) is 0 Å². The molecule has 1 aromatic rings. The summed E-state index contributed by atoms with van der Waals surface area (Å²) in [6.07, 6.45) is 0. The minimum Gasteiger partial charge on any atom is -0.464 e. The lowest BCUT2D eigenvalue weighted by Gasteiger charge is -2.15. The minimum atomic E-state index is -0.925. The van der Waals surface area contributed by atoms with E-state index in [9.17, 15) is 14.4 Å². The Bertz CT molecular complexity index is 665. The molecule has 0 bridgehead atoms. The number of fused-ring (bicyclic) bond motifs is 1. The Kier molecular flexibility index (Phi) is 2.97. The Labute approximate surface area is 120 Å². The second kappa shape index (κ2) is 4.69. The molecule has 1 N–H and O–H groups in total. The van der Waals surface area contributed by atoms with Crippen LogP contribution in [0.2, 0.25) is 0 Å². The van der Waals surface area contributed by atoms with Gasteiger partial charge >= 0.3 is 5.97 Å². The summed E-state index contributed by atoms with van der Waals surface area (Å²) in [5.74, 6) is -2.52. The smallest absolute Gasteiger partial charge is 0.355 e. The molecule has 2 aliphatic heterocycles. The highest BCUT2D eigenvalue weighted by molar-refractivity contribution is 6.46. The highest BCUT2D eigenvalue weighted by Gasteiger charge is 2.55. The van der Waals surface area contributed by atoms with Gasteiger partial charge in [0.15, 0.2) is 5.71 Å². The maximum atomic E-state index is 12.5. The van der Waals surface area contributed by atoms with Gasteiger partial charge in [-0.15, -0.1) is 0 Å². The van der Waals surface area contributed by atoms with Crippen LogP contribution >= 0.6 is 0 Å². The average Bonchev–Trinajstić information content (AvgIpc) is 3.01. The number of imide groups is 1. The van der Waals surface area contributed by atoms with Crippen molar-refractivity contribution in [3.63, 3.8) is 0 Å². The molecule has 2 atom stereocenters. The number of carbonyl (C=O) groups is 3. The number of aryl methyl sites for hydroxylation is 1. The van der Waals surface area contributed by atoms with E-state index in [4.69, 9.17) is 0 Å². The standard InChI is InChI=1S/C14H13N3O4/c1-7-3-5-8(6-4-7)17-12(18)9-10(13(17)19)15-16-11(9)14(20)21-2/h3-6,9-10,15H,1-2H3/t9-,10-/m1/s1. The molecular formula is C14H13N3O4. The first-order valence-corrected chi connectivity index (χ1v) is 6.40. The van der Waals surface area contributed by atoms with Crippen LogP contribution in [0, 0.1) is 12.8 Å². The predicted molar refractivity (Wildman–Crippen MR) is 73.5 cm³/mol. The average molecular weight is 287 g/mol. The van der Waals surface area contributed by atoms with Crippen molar-refractivity contribution in [2.45, 2.75) is 13.0 Å². The van der Waals surface area contributed by atoms with E-state index in [0.717, 1.165) is 10.5 Å². The van der Waals surface area contributed by atoms with Gasteiger partial charge in [0.25, 0.3) is 5.91 Å². The lowest BCUT2D eigenvalue weighted by molar-refractivity contribution is -0.133. The Morgan fingerprint density at radius 2 is 1.90 bits per heavy atom. The summed E-state index contributed by atoms with van der Waals surface area (Å²) in [6, 6.07) is 6.18. The zero-order valence-corrected chi connectivity index (χ0v) is 11.5. The summed E-state index contributed by atoms with van der Waals surface area (Å²) in [5, 5.41) is 3.76. The normalized spacial score (nSPS) is 23.7. The number of hydrazone groups is 1. The van der Waals surface area contributed by atoms with Crippen LogP contribution in [0.5, 0.6) is 0 Å². The van der Waals surface area contributed by atoms with Crippen LogP contribution in [0.3, 0.4) is 0 Å². The van der Waals surface area contributed by atoms with Gasteiger partial charge in [0.05, 0.1) is 12.8 Å². The third-order valence-corrected chi connectivity index (χ3v) is 3.61. The molecule has 0 radical (unpaired) electrons. The first-order chi connectivity index (χ1) is 10.0. The van der Waals surface area contributed by atoms with Crippen molar-refractivity contribution in [3.05, 3.63) is 29.8 Å². The van der Waals surface area contributed by atoms with Crippen molar-refractivity contribution in [2.75, 3.05) is 12.0 Å². The quantitative estimate of drug-likeness (QED) is 0.610. The number of benzene rings is 1. The highest BCUT2D eigenvalue weighted by Crippen LogP contribution is 2.30. The summed E-state index contributed by atoms with van der Waals surface area (Å²) >= 11 is 0. The maximum Gasteiger partial charge on any atom is 0.355 e.